The molecule has 4 N–H and O–H groups in total. The van der Waals surface area contributed by atoms with Gasteiger partial charge in [-0.25, -0.2) is 0 Å². The van der Waals surface area contributed by atoms with E-state index in [4.69, 9.17) is 0 Å². The van der Waals surface area contributed by atoms with E-state index < -0.39 is 0 Å². The Bertz CT molecular complexity index is 3600. The van der Waals surface area contributed by atoms with Crippen molar-refractivity contribution < 1.29 is 72.8 Å². The van der Waals surface area contributed by atoms with Crippen LogP contribution in [0, 0.1) is 96.9 Å². The molecule has 0 aliphatic heterocycles. The normalized spacial score (nSPS) is 9.86. The first kappa shape index (κ1) is 84.8. The molecule has 0 bridgehead atoms. The van der Waals surface area contributed by atoms with Crippen LogP contribution >= 0.6 is 0 Å². The van der Waals surface area contributed by atoms with Crippen molar-refractivity contribution >= 4 is 0 Å². The van der Waals surface area contributed by atoms with Gasteiger partial charge >= 0.3 is 52.4 Å². The SMILES string of the molecule is Cc1cc(C)c(O)c(CN(Cc2ccccn2)Cc2cc(C)cc(C)c2O)c1.Cc1cc(C)c(O)c(CN(Cc2ccccn2)Cc2cc(C)cc(C)c2O)c1.[CH2-]c1ccccc1.[CH2-]c1ccccc1.[CH2-]c1ccccc1.[CH2-]c1ccccc1.[CH2-]c1ccccc1.[CH2-]c1ccccc1.[Zr+2].[Zr+4]. The van der Waals surface area contributed by atoms with Crippen LogP contribution in [-0.4, -0.2) is 40.2 Å². The van der Waals surface area contributed by atoms with Crippen LogP contribution in [0.5, 0.6) is 23.0 Å². The summed E-state index contributed by atoms with van der Waals surface area (Å²) in [4.78, 5) is 13.3. The molecule has 0 atom stereocenters. The van der Waals surface area contributed by atoms with Crippen molar-refractivity contribution in [3.63, 3.8) is 0 Å². The minimum Gasteiger partial charge on any atom is -0.507 e. The third-order valence-electron chi connectivity index (χ3n) is 15.0. The summed E-state index contributed by atoms with van der Waals surface area (Å²) in [6.07, 6.45) is 3.58. The van der Waals surface area contributed by atoms with E-state index in [1.807, 2.05) is 322 Å². The number of phenolic OH excluding ortho intramolecular Hbond substituents is 4. The van der Waals surface area contributed by atoms with Gasteiger partial charge in [0.25, 0.3) is 0 Å². The van der Waals surface area contributed by atoms with Gasteiger partial charge in [0.1, 0.15) is 23.0 Å². The smallest absolute Gasteiger partial charge is 0.507 e. The van der Waals surface area contributed by atoms with E-state index in [2.05, 4.69) is 61.3 Å². The van der Waals surface area contributed by atoms with Gasteiger partial charge in [-0.3, -0.25) is 19.8 Å². The van der Waals surface area contributed by atoms with Crippen LogP contribution in [-0.2, 0) is 91.7 Å². The van der Waals surface area contributed by atoms with Gasteiger partial charge < -0.3 is 20.4 Å². The Morgan fingerprint density at radius 1 is 0.260 bits per heavy atom. The van der Waals surface area contributed by atoms with Gasteiger partial charge in [-0.1, -0.05) is 119 Å². The summed E-state index contributed by atoms with van der Waals surface area (Å²) in [5.74, 6) is 1.34. The standard InChI is InChI=1S/2C24H28N2O2.6C7H7.2Zr/c2*1-16-9-18(3)23(27)20(11-16)13-26(15-22-7-5-6-8-25-22)14-21-12-17(2)10-19(4)24(21)28;6*1-7-5-3-2-4-6-7;;/h2*5-12,27-28H,13-15H2,1-4H3;6*2-6H,1H2;;/q;;6*-1;+2;+4. The number of rotatable bonds is 12. The van der Waals surface area contributed by atoms with E-state index in [-0.39, 0.29) is 52.4 Å². The molecule has 0 aliphatic rings. The monoisotopic (exact) mass is 1480 g/mol. The molecule has 100 heavy (non-hydrogen) atoms. The first-order valence-corrected chi connectivity index (χ1v) is 32.7. The predicted octanol–water partition coefficient (Wildman–Crippen LogP) is 21.1. The fourth-order valence-electron chi connectivity index (χ4n) is 10.3. The Morgan fingerprint density at radius 3 is 0.590 bits per heavy atom. The summed E-state index contributed by atoms with van der Waals surface area (Å²) in [6, 6.07) is 87.0. The zero-order valence-corrected chi connectivity index (χ0v) is 64.5. The molecule has 0 aliphatic carbocycles. The molecule has 2 aromatic heterocycles. The van der Waals surface area contributed by atoms with Crippen LogP contribution < -0.4 is 0 Å². The Morgan fingerprint density at radius 2 is 0.440 bits per heavy atom. The number of aryl methyl sites for hydroxylation is 8. The number of benzene rings is 10. The fourth-order valence-corrected chi connectivity index (χ4v) is 10.3. The number of phenols is 4. The van der Waals surface area contributed by atoms with Crippen molar-refractivity contribution in [2.45, 2.75) is 94.7 Å². The molecule has 10 heteroatoms. The van der Waals surface area contributed by atoms with Crippen LogP contribution in [0.25, 0.3) is 0 Å². The summed E-state index contributed by atoms with van der Waals surface area (Å²) in [7, 11) is 0. The molecule has 8 nitrogen and oxygen atoms in total. The van der Waals surface area contributed by atoms with Gasteiger partial charge in [-0.15, -0.1) is 72.8 Å². The predicted molar refractivity (Wildman–Crippen MR) is 410 cm³/mol. The molecule has 12 rings (SSSR count). The quantitative estimate of drug-likeness (QED) is 0.0895. The van der Waals surface area contributed by atoms with Crippen molar-refractivity contribution in [1.82, 2.24) is 19.8 Å². The zero-order chi connectivity index (χ0) is 71.2. The maximum atomic E-state index is 10.6. The second-order valence-corrected chi connectivity index (χ2v) is 24.2. The van der Waals surface area contributed by atoms with E-state index in [0.717, 1.165) is 112 Å². The average molecular weight is 1480 g/mol. The van der Waals surface area contributed by atoms with Gasteiger partial charge in [0.15, 0.2) is 0 Å². The molecule has 0 radical (unpaired) electrons. The molecular weight excluding hydrogens is 1380 g/mol. The van der Waals surface area contributed by atoms with Crippen LogP contribution in [0.2, 0.25) is 0 Å². The van der Waals surface area contributed by atoms with Crippen molar-refractivity contribution in [3.8, 4) is 23.0 Å². The van der Waals surface area contributed by atoms with E-state index >= 15 is 0 Å². The molecule has 510 valence electrons. The number of aromatic nitrogens is 2. The molecule has 0 saturated heterocycles. The molecule has 0 amide bonds. The largest absolute Gasteiger partial charge is 4.00 e. The Labute approximate surface area is 637 Å². The van der Waals surface area contributed by atoms with Gasteiger partial charge in [0, 0.05) is 73.9 Å². The minimum absolute atomic E-state index is 0. The zero-order valence-electron chi connectivity index (χ0n) is 59.6. The summed E-state index contributed by atoms with van der Waals surface area (Å²) >= 11 is 0. The van der Waals surface area contributed by atoms with E-state index in [1.54, 1.807) is 12.4 Å². The first-order valence-electron chi connectivity index (χ1n) is 32.7. The summed E-state index contributed by atoms with van der Waals surface area (Å²) < 4.78 is 0. The summed E-state index contributed by atoms with van der Waals surface area (Å²) in [5.41, 5.74) is 19.9. The van der Waals surface area contributed by atoms with Crippen LogP contribution in [0.3, 0.4) is 0 Å². The van der Waals surface area contributed by atoms with Crippen LogP contribution in [0.1, 0.15) is 112 Å². The van der Waals surface area contributed by atoms with Crippen LogP contribution in [0.4, 0.5) is 0 Å². The number of aromatic hydroxyl groups is 4. The van der Waals surface area contributed by atoms with Crippen molar-refractivity contribution in [2.75, 3.05) is 0 Å². The molecular formula is C90H98N4O4Zr2. The number of hydrogen-bond donors (Lipinski definition) is 4. The molecule has 0 fully saturated rings. The minimum atomic E-state index is 0. The number of pyridine rings is 2. The maximum absolute atomic E-state index is 10.6. The van der Waals surface area contributed by atoms with E-state index in [1.165, 1.54) is 0 Å². The van der Waals surface area contributed by atoms with Crippen LogP contribution in [0.15, 0.2) is 279 Å². The van der Waals surface area contributed by atoms with Gasteiger partial charge in [0.05, 0.1) is 11.4 Å². The molecule has 10 aromatic carbocycles. The van der Waals surface area contributed by atoms with E-state index in [0.29, 0.717) is 62.3 Å². The summed E-state index contributed by atoms with van der Waals surface area (Å²) in [6.45, 7) is 41.7. The van der Waals surface area contributed by atoms with Crippen molar-refractivity contribution in [1.29, 1.82) is 0 Å². The van der Waals surface area contributed by atoms with Gasteiger partial charge in [-0.2, -0.15) is 148 Å². The van der Waals surface area contributed by atoms with Gasteiger partial charge in [-0.05, 0) is 102 Å². The van der Waals surface area contributed by atoms with E-state index in [9.17, 15) is 20.4 Å². The van der Waals surface area contributed by atoms with Gasteiger partial charge in [0.2, 0.25) is 0 Å². The molecule has 0 saturated carbocycles. The Hall–Kier alpha value is -9.39. The molecule has 12 aromatic rings. The average Bonchev–Trinajstić information content (AvgIpc) is 0.832. The second-order valence-electron chi connectivity index (χ2n) is 24.2. The van der Waals surface area contributed by atoms with Crippen molar-refractivity contribution in [2.24, 2.45) is 0 Å². The third-order valence-corrected chi connectivity index (χ3v) is 15.0. The maximum Gasteiger partial charge on any atom is 4.00 e. The first-order chi connectivity index (χ1) is 47.0. The Kier molecular flexibility index (Phi) is 39.7. The molecule has 2 heterocycles. The summed E-state index contributed by atoms with van der Waals surface area (Å²) in [5, 5.41) is 42.2. The Balaban J connectivity index is 0.000000328. The molecule has 0 unspecified atom stereocenters. The number of nitrogens with zero attached hydrogens (tertiary/aromatic N) is 4. The van der Waals surface area contributed by atoms with Crippen molar-refractivity contribution in [3.05, 3.63) is 432 Å². The number of hydrogen-bond acceptors (Lipinski definition) is 8. The third kappa shape index (κ3) is 33.4. The molecule has 0 spiro atoms. The fraction of sp³-hybridized carbons (Fsp3) is 0.156. The second kappa shape index (κ2) is 46.8. The topological polar surface area (TPSA) is 113 Å².